The van der Waals surface area contributed by atoms with E-state index in [1.54, 1.807) is 6.26 Å². The van der Waals surface area contributed by atoms with Gasteiger partial charge in [0, 0.05) is 31.5 Å². The zero-order valence-electron chi connectivity index (χ0n) is 28.2. The topological polar surface area (TPSA) is 135 Å². The predicted molar refractivity (Wildman–Crippen MR) is 178 cm³/mol. The van der Waals surface area contributed by atoms with Gasteiger partial charge in [0.25, 0.3) is 5.91 Å². The van der Waals surface area contributed by atoms with Crippen molar-refractivity contribution < 1.29 is 36.9 Å². The highest BCUT2D eigenvalue weighted by atomic mass is 32.1. The lowest BCUT2D eigenvalue weighted by atomic mass is 9.93. The normalized spacial score (nSPS) is 18.0. The SMILES string of the molecule is CC.CC.CO.COc1cc(C(=O)NC2CCN(C)CC2)c(F)cc1Nc1ncc(C(F)(F)F)c(OC2CCCC[C@H]2N)n1.CS. The first-order valence-electron chi connectivity index (χ1n) is 15.4. The lowest BCUT2D eigenvalue weighted by molar-refractivity contribution is -0.140. The summed E-state index contributed by atoms with van der Waals surface area (Å²) in [6, 6.07) is 1.75. The number of nitrogens with zero attached hydrogens (tertiary/aromatic N) is 3. The molecule has 0 bridgehead atoms. The molecular formula is C31H52F4N6O4S. The maximum Gasteiger partial charge on any atom is 0.423 e. The van der Waals surface area contributed by atoms with Crippen molar-refractivity contribution in [2.75, 3.05) is 45.9 Å². The molecule has 2 fully saturated rings. The number of alkyl halides is 3. The van der Waals surface area contributed by atoms with Gasteiger partial charge in [0.2, 0.25) is 11.8 Å². The third-order valence-corrected chi connectivity index (χ3v) is 6.91. The Labute approximate surface area is 276 Å². The second-order valence-electron chi connectivity index (χ2n) is 9.72. The van der Waals surface area contributed by atoms with Gasteiger partial charge >= 0.3 is 6.18 Å². The molecule has 15 heteroatoms. The Balaban J connectivity index is 0.00000235. The van der Waals surface area contributed by atoms with Crippen LogP contribution in [0.3, 0.4) is 0 Å². The van der Waals surface area contributed by atoms with E-state index in [1.165, 1.54) is 13.2 Å². The lowest BCUT2D eigenvalue weighted by Crippen LogP contribution is -2.43. The number of halogens is 4. The van der Waals surface area contributed by atoms with Gasteiger partial charge in [-0.15, -0.1) is 0 Å². The summed E-state index contributed by atoms with van der Waals surface area (Å²) in [7, 11) is 4.32. The minimum absolute atomic E-state index is 0.0286. The van der Waals surface area contributed by atoms with Crippen LogP contribution in [0, 0.1) is 5.82 Å². The van der Waals surface area contributed by atoms with Crippen molar-refractivity contribution in [3.8, 4) is 11.6 Å². The van der Waals surface area contributed by atoms with Crippen molar-refractivity contribution in [1.29, 1.82) is 0 Å². The van der Waals surface area contributed by atoms with E-state index in [2.05, 4.69) is 38.1 Å². The van der Waals surface area contributed by atoms with E-state index in [4.69, 9.17) is 20.3 Å². The summed E-state index contributed by atoms with van der Waals surface area (Å²) in [5.41, 5.74) is 4.72. The number of methoxy groups -OCH3 is 1. The highest BCUT2D eigenvalue weighted by Crippen LogP contribution is 2.37. The molecule has 4 rings (SSSR count). The number of amides is 1. The van der Waals surface area contributed by atoms with E-state index < -0.39 is 41.5 Å². The number of nitrogens with two attached hydrogens (primary N) is 1. The first-order chi connectivity index (χ1) is 22.0. The summed E-state index contributed by atoms with van der Waals surface area (Å²) in [5, 5.41) is 12.5. The van der Waals surface area contributed by atoms with Gasteiger partial charge in [0.05, 0.1) is 18.4 Å². The summed E-state index contributed by atoms with van der Waals surface area (Å²) < 4.78 is 66.8. The molecule has 2 heterocycles. The smallest absolute Gasteiger partial charge is 0.423 e. The highest BCUT2D eigenvalue weighted by molar-refractivity contribution is 7.79. The minimum Gasteiger partial charge on any atom is -0.495 e. The van der Waals surface area contributed by atoms with Crippen LogP contribution in [0.4, 0.5) is 29.2 Å². The van der Waals surface area contributed by atoms with Gasteiger partial charge < -0.3 is 35.8 Å². The Morgan fingerprint density at radius 3 is 2.20 bits per heavy atom. The second kappa shape index (κ2) is 22.6. The van der Waals surface area contributed by atoms with Crippen LogP contribution in [0.1, 0.15) is 82.1 Å². The Hall–Kier alpha value is -2.88. The number of rotatable bonds is 7. The van der Waals surface area contributed by atoms with E-state index in [-0.39, 0.29) is 29.0 Å². The summed E-state index contributed by atoms with van der Waals surface area (Å²) in [6.07, 6.45) is 1.23. The predicted octanol–water partition coefficient (Wildman–Crippen LogP) is 6.07. The van der Waals surface area contributed by atoms with Gasteiger partial charge in [-0.25, -0.2) is 9.37 Å². The Kier molecular flexibility index (Phi) is 21.2. The van der Waals surface area contributed by atoms with Crippen LogP contribution in [-0.4, -0.2) is 84.7 Å². The van der Waals surface area contributed by atoms with E-state index in [1.807, 2.05) is 34.7 Å². The maximum atomic E-state index is 15.0. The van der Waals surface area contributed by atoms with Crippen LogP contribution < -0.4 is 25.8 Å². The molecule has 1 saturated heterocycles. The lowest BCUT2D eigenvalue weighted by Gasteiger charge is -2.29. The molecule has 0 radical (unpaired) electrons. The first kappa shape index (κ1) is 43.1. The first-order valence-corrected chi connectivity index (χ1v) is 16.3. The number of aromatic nitrogens is 2. The van der Waals surface area contributed by atoms with Crippen molar-refractivity contribution >= 4 is 30.2 Å². The number of hydrogen-bond donors (Lipinski definition) is 5. The number of piperidine rings is 1. The van der Waals surface area contributed by atoms with E-state index >= 15 is 0 Å². The molecule has 2 atom stereocenters. The highest BCUT2D eigenvalue weighted by Gasteiger charge is 2.38. The molecule has 1 amide bonds. The van der Waals surface area contributed by atoms with Gasteiger partial charge in [0.15, 0.2) is 0 Å². The number of carbonyl (C=O) groups excluding carboxylic acids is 1. The molecule has 1 unspecified atom stereocenters. The van der Waals surface area contributed by atoms with Gasteiger partial charge in [0.1, 0.15) is 23.2 Å². The molecule has 1 saturated carbocycles. The summed E-state index contributed by atoms with van der Waals surface area (Å²) in [4.78, 5) is 22.6. The molecule has 10 nitrogen and oxygen atoms in total. The Morgan fingerprint density at radius 2 is 1.65 bits per heavy atom. The second-order valence-corrected chi connectivity index (χ2v) is 9.72. The van der Waals surface area contributed by atoms with E-state index in [9.17, 15) is 22.4 Å². The third-order valence-electron chi connectivity index (χ3n) is 6.91. The molecule has 1 aliphatic heterocycles. The molecule has 46 heavy (non-hydrogen) atoms. The van der Waals surface area contributed by atoms with Crippen LogP contribution in [0.5, 0.6) is 11.6 Å². The number of anilines is 2. The van der Waals surface area contributed by atoms with Gasteiger partial charge in [-0.2, -0.15) is 30.8 Å². The summed E-state index contributed by atoms with van der Waals surface area (Å²) in [6.45, 7) is 9.65. The average Bonchev–Trinajstić information content (AvgIpc) is 3.06. The van der Waals surface area contributed by atoms with Crippen molar-refractivity contribution in [3.63, 3.8) is 0 Å². The molecule has 2 aliphatic rings. The number of ether oxygens (including phenoxy) is 2. The van der Waals surface area contributed by atoms with Crippen LogP contribution in [0.25, 0.3) is 0 Å². The molecule has 1 aliphatic carbocycles. The fraction of sp³-hybridized carbons (Fsp3) is 0.645. The number of carbonyl (C=O) groups is 1. The molecule has 0 spiro atoms. The minimum atomic E-state index is -4.75. The van der Waals surface area contributed by atoms with Gasteiger partial charge in [-0.05, 0) is 64.6 Å². The largest absolute Gasteiger partial charge is 0.495 e. The number of aliphatic hydroxyl groups excluding tert-OH is 1. The van der Waals surface area contributed by atoms with Crippen LogP contribution in [0.2, 0.25) is 0 Å². The number of likely N-dealkylation sites (tertiary alicyclic amines) is 1. The average molecular weight is 681 g/mol. The zero-order valence-corrected chi connectivity index (χ0v) is 29.1. The van der Waals surface area contributed by atoms with Gasteiger partial charge in [-0.3, -0.25) is 4.79 Å². The van der Waals surface area contributed by atoms with Crippen molar-refractivity contribution in [1.82, 2.24) is 20.2 Å². The Bertz CT molecular complexity index is 1150. The molecule has 264 valence electrons. The van der Waals surface area contributed by atoms with Crippen LogP contribution in [0.15, 0.2) is 18.3 Å². The van der Waals surface area contributed by atoms with E-state index in [0.29, 0.717) is 19.0 Å². The van der Waals surface area contributed by atoms with Crippen molar-refractivity contribution in [2.45, 2.75) is 90.6 Å². The van der Waals surface area contributed by atoms with Crippen molar-refractivity contribution in [3.05, 3.63) is 35.3 Å². The molecule has 1 aromatic carbocycles. The molecule has 1 aromatic heterocycles. The molecule has 5 N–H and O–H groups in total. The quantitative estimate of drug-likeness (QED) is 0.175. The number of benzene rings is 1. The monoisotopic (exact) mass is 680 g/mol. The number of aliphatic hydroxyl groups is 1. The number of nitrogens with one attached hydrogen (secondary N) is 2. The molecule has 2 aromatic rings. The summed E-state index contributed by atoms with van der Waals surface area (Å²) in [5.74, 6) is -2.26. The standard InChI is InChI=1S/C25H32F4N6O3.2C2H6.CH4O.CH4S/c1-35-9-7-14(8-10-35)32-22(36)15-11-21(37-2)19(12-17(15)26)33-24-31-13-16(25(27,28)29)23(34-24)38-20-6-4-3-5-18(20)30;4*1-2/h11-14,18,20H,3-10,30H2,1-2H3,(H,32,36)(H,31,33,34);2*1-2H3;2*2H,1H3/t18-,20?;;;;/m1..../s1. The van der Waals surface area contributed by atoms with Gasteiger partial charge in [-0.1, -0.05) is 34.1 Å². The van der Waals surface area contributed by atoms with Crippen LogP contribution in [-0.2, 0) is 6.18 Å². The molecular weight excluding hydrogens is 628 g/mol. The number of thiol groups is 1. The maximum absolute atomic E-state index is 15.0. The zero-order chi connectivity index (χ0) is 35.4. The van der Waals surface area contributed by atoms with E-state index in [0.717, 1.165) is 51.9 Å². The fourth-order valence-electron chi connectivity index (χ4n) is 4.66. The third kappa shape index (κ3) is 13.1. The Morgan fingerprint density at radius 1 is 1.07 bits per heavy atom. The summed E-state index contributed by atoms with van der Waals surface area (Å²) >= 11 is 3.53. The number of hydrogen-bond acceptors (Lipinski definition) is 10. The van der Waals surface area contributed by atoms with Crippen LogP contribution >= 0.6 is 12.6 Å². The fourth-order valence-corrected chi connectivity index (χ4v) is 4.66. The van der Waals surface area contributed by atoms with Crippen molar-refractivity contribution in [2.24, 2.45) is 5.73 Å².